The van der Waals surface area contributed by atoms with Gasteiger partial charge in [-0.2, -0.15) is 5.10 Å². The Kier molecular flexibility index (Phi) is 5.71. The number of nitrogens with one attached hydrogen (secondary N) is 1. The quantitative estimate of drug-likeness (QED) is 0.670. The van der Waals surface area contributed by atoms with Crippen molar-refractivity contribution >= 4 is 23.7 Å². The van der Waals surface area contributed by atoms with Crippen molar-refractivity contribution in [3.63, 3.8) is 0 Å². The fourth-order valence-electron chi connectivity index (χ4n) is 1.92. The number of nitrogens with zero attached hydrogens (tertiary/aromatic N) is 1. The van der Waals surface area contributed by atoms with Crippen LogP contribution in [0.15, 0.2) is 41.5 Å². The van der Waals surface area contributed by atoms with E-state index in [0.29, 0.717) is 10.8 Å². The molecular weight excluding hydrogens is 319 g/mol. The highest BCUT2D eigenvalue weighted by atomic mass is 35.5. The summed E-state index contributed by atoms with van der Waals surface area (Å²) in [5.41, 5.74) is 4.32. The number of rotatable bonds is 5. The molecule has 1 amide bonds. The van der Waals surface area contributed by atoms with E-state index in [0.717, 1.165) is 11.1 Å². The van der Waals surface area contributed by atoms with E-state index in [1.807, 2.05) is 13.8 Å². The standard InChI is InChI=1S/C17H16ClFN2O2/c1-11-7-14(8-12(2)17(11)18)23-10-16(22)21-20-9-13-5-3-4-6-15(13)19/h3-9H,10H2,1-2H3,(H,21,22)/b20-9+. The fraction of sp³-hybridized carbons (Fsp3) is 0.176. The van der Waals surface area contributed by atoms with Crippen LogP contribution in [0.4, 0.5) is 4.39 Å². The van der Waals surface area contributed by atoms with Gasteiger partial charge in [0.15, 0.2) is 6.61 Å². The van der Waals surface area contributed by atoms with Crippen molar-refractivity contribution in [2.45, 2.75) is 13.8 Å². The Labute approximate surface area is 138 Å². The van der Waals surface area contributed by atoms with E-state index < -0.39 is 11.7 Å². The molecule has 0 bridgehead atoms. The molecule has 0 saturated heterocycles. The summed E-state index contributed by atoms with van der Waals surface area (Å²) < 4.78 is 18.7. The van der Waals surface area contributed by atoms with Crippen LogP contribution in [0.2, 0.25) is 5.02 Å². The van der Waals surface area contributed by atoms with Gasteiger partial charge in [-0.25, -0.2) is 9.82 Å². The van der Waals surface area contributed by atoms with Crippen LogP contribution in [-0.2, 0) is 4.79 Å². The van der Waals surface area contributed by atoms with E-state index in [4.69, 9.17) is 16.3 Å². The summed E-state index contributed by atoms with van der Waals surface area (Å²) in [5, 5.41) is 4.38. The summed E-state index contributed by atoms with van der Waals surface area (Å²) in [7, 11) is 0. The zero-order valence-corrected chi connectivity index (χ0v) is 13.5. The summed E-state index contributed by atoms with van der Waals surface area (Å²) in [6.07, 6.45) is 1.24. The van der Waals surface area contributed by atoms with Gasteiger partial charge in [0.25, 0.3) is 5.91 Å². The van der Waals surface area contributed by atoms with Gasteiger partial charge >= 0.3 is 0 Å². The summed E-state index contributed by atoms with van der Waals surface area (Å²) in [4.78, 5) is 11.7. The molecule has 0 spiro atoms. The Hall–Kier alpha value is -2.40. The molecule has 2 rings (SSSR count). The van der Waals surface area contributed by atoms with Crippen molar-refractivity contribution in [1.29, 1.82) is 0 Å². The normalized spacial score (nSPS) is 10.8. The number of halogens is 2. The molecule has 0 aliphatic rings. The minimum Gasteiger partial charge on any atom is -0.484 e. The van der Waals surface area contributed by atoms with Gasteiger partial charge in [0.05, 0.1) is 6.21 Å². The second-order valence-electron chi connectivity index (χ2n) is 4.97. The lowest BCUT2D eigenvalue weighted by molar-refractivity contribution is -0.123. The molecule has 4 nitrogen and oxygen atoms in total. The van der Waals surface area contributed by atoms with Gasteiger partial charge in [0.1, 0.15) is 11.6 Å². The average molecular weight is 335 g/mol. The van der Waals surface area contributed by atoms with Gasteiger partial charge in [0, 0.05) is 10.6 Å². The summed E-state index contributed by atoms with van der Waals surface area (Å²) in [6, 6.07) is 9.64. The van der Waals surface area contributed by atoms with Gasteiger partial charge in [-0.05, 0) is 43.2 Å². The highest BCUT2D eigenvalue weighted by molar-refractivity contribution is 6.32. The molecular formula is C17H16ClFN2O2. The third-order valence-corrected chi connectivity index (χ3v) is 3.67. The van der Waals surface area contributed by atoms with E-state index in [1.165, 1.54) is 12.3 Å². The van der Waals surface area contributed by atoms with Crippen molar-refractivity contribution in [3.8, 4) is 5.75 Å². The number of hydrazone groups is 1. The molecule has 0 aliphatic carbocycles. The molecule has 0 heterocycles. The topological polar surface area (TPSA) is 50.7 Å². The van der Waals surface area contributed by atoms with Gasteiger partial charge in [0.2, 0.25) is 0 Å². The van der Waals surface area contributed by atoms with E-state index in [1.54, 1.807) is 30.3 Å². The monoisotopic (exact) mass is 334 g/mol. The number of hydrogen-bond donors (Lipinski definition) is 1. The van der Waals surface area contributed by atoms with Crippen molar-refractivity contribution in [2.75, 3.05) is 6.61 Å². The zero-order chi connectivity index (χ0) is 16.8. The fourth-order valence-corrected chi connectivity index (χ4v) is 2.03. The highest BCUT2D eigenvalue weighted by Gasteiger charge is 2.06. The maximum atomic E-state index is 13.4. The van der Waals surface area contributed by atoms with Gasteiger partial charge < -0.3 is 4.74 Å². The van der Waals surface area contributed by atoms with E-state index >= 15 is 0 Å². The average Bonchev–Trinajstić information content (AvgIpc) is 2.52. The number of ether oxygens (including phenoxy) is 1. The van der Waals surface area contributed by atoms with Gasteiger partial charge in [-0.1, -0.05) is 29.8 Å². The molecule has 0 aromatic heterocycles. The third-order valence-electron chi connectivity index (χ3n) is 3.08. The number of aryl methyl sites for hydroxylation is 2. The minimum absolute atomic E-state index is 0.199. The molecule has 0 atom stereocenters. The summed E-state index contributed by atoms with van der Waals surface area (Å²) >= 11 is 6.07. The molecule has 0 saturated carbocycles. The summed E-state index contributed by atoms with van der Waals surface area (Å²) in [6.45, 7) is 3.52. The molecule has 0 aliphatic heterocycles. The van der Waals surface area contributed by atoms with Crippen LogP contribution in [0, 0.1) is 19.7 Å². The Morgan fingerprint density at radius 1 is 1.30 bits per heavy atom. The SMILES string of the molecule is Cc1cc(OCC(=O)N/N=C/c2ccccc2F)cc(C)c1Cl. The zero-order valence-electron chi connectivity index (χ0n) is 12.8. The predicted octanol–water partition coefficient (Wildman–Crippen LogP) is 3.63. The Balaban J connectivity index is 1.87. The molecule has 6 heteroatoms. The minimum atomic E-state index is -0.442. The summed E-state index contributed by atoms with van der Waals surface area (Å²) in [5.74, 6) is -0.297. The van der Waals surface area contributed by atoms with Crippen molar-refractivity contribution in [1.82, 2.24) is 5.43 Å². The Morgan fingerprint density at radius 3 is 2.61 bits per heavy atom. The first-order valence-corrected chi connectivity index (χ1v) is 7.31. The number of benzene rings is 2. The van der Waals surface area contributed by atoms with E-state index in [-0.39, 0.29) is 12.2 Å². The van der Waals surface area contributed by atoms with E-state index in [9.17, 15) is 9.18 Å². The first-order chi connectivity index (χ1) is 11.0. The Morgan fingerprint density at radius 2 is 1.96 bits per heavy atom. The molecule has 0 unspecified atom stereocenters. The van der Waals surface area contributed by atoms with Crippen LogP contribution in [0.25, 0.3) is 0 Å². The lowest BCUT2D eigenvalue weighted by atomic mass is 10.1. The third kappa shape index (κ3) is 4.79. The van der Waals surface area contributed by atoms with Crippen LogP contribution in [0.1, 0.15) is 16.7 Å². The number of amides is 1. The maximum Gasteiger partial charge on any atom is 0.277 e. The van der Waals surface area contributed by atoms with Crippen molar-refractivity contribution in [2.24, 2.45) is 5.10 Å². The maximum absolute atomic E-state index is 13.4. The van der Waals surface area contributed by atoms with Gasteiger partial charge in [-0.15, -0.1) is 0 Å². The second kappa shape index (κ2) is 7.74. The number of carbonyl (C=O) groups is 1. The van der Waals surface area contributed by atoms with Crippen LogP contribution in [-0.4, -0.2) is 18.7 Å². The van der Waals surface area contributed by atoms with Crippen LogP contribution >= 0.6 is 11.6 Å². The highest BCUT2D eigenvalue weighted by Crippen LogP contribution is 2.25. The predicted molar refractivity (Wildman–Crippen MR) is 88.6 cm³/mol. The van der Waals surface area contributed by atoms with Crippen molar-refractivity contribution in [3.05, 3.63) is 63.9 Å². The van der Waals surface area contributed by atoms with Gasteiger partial charge in [-0.3, -0.25) is 4.79 Å². The molecule has 2 aromatic carbocycles. The second-order valence-corrected chi connectivity index (χ2v) is 5.35. The van der Waals surface area contributed by atoms with Crippen LogP contribution in [0.3, 0.4) is 0 Å². The molecule has 120 valence electrons. The largest absolute Gasteiger partial charge is 0.484 e. The molecule has 2 aromatic rings. The lowest BCUT2D eigenvalue weighted by Gasteiger charge is -2.09. The molecule has 1 N–H and O–H groups in total. The first kappa shape index (κ1) is 17.0. The van der Waals surface area contributed by atoms with E-state index in [2.05, 4.69) is 10.5 Å². The first-order valence-electron chi connectivity index (χ1n) is 6.93. The molecule has 0 fully saturated rings. The lowest BCUT2D eigenvalue weighted by Crippen LogP contribution is -2.24. The van der Waals surface area contributed by atoms with Crippen molar-refractivity contribution < 1.29 is 13.9 Å². The Bertz CT molecular complexity index is 724. The number of hydrogen-bond acceptors (Lipinski definition) is 3. The molecule has 0 radical (unpaired) electrons. The molecule has 23 heavy (non-hydrogen) atoms. The van der Waals surface area contributed by atoms with Crippen LogP contribution < -0.4 is 10.2 Å². The smallest absolute Gasteiger partial charge is 0.277 e. The number of carbonyl (C=O) groups excluding carboxylic acids is 1. The van der Waals surface area contributed by atoms with Crippen LogP contribution in [0.5, 0.6) is 5.75 Å².